The van der Waals surface area contributed by atoms with Crippen molar-refractivity contribution >= 4 is 11.6 Å². The first kappa shape index (κ1) is 13.1. The van der Waals surface area contributed by atoms with Gasteiger partial charge in [-0.1, -0.05) is 6.07 Å². The fraction of sp³-hybridized carbons (Fsp3) is 0.643. The Morgan fingerprint density at radius 2 is 1.89 bits per heavy atom. The molecule has 1 aromatic heterocycles. The van der Waals surface area contributed by atoms with Gasteiger partial charge in [0.05, 0.1) is 0 Å². The van der Waals surface area contributed by atoms with E-state index in [1.807, 2.05) is 18.2 Å². The molecule has 0 spiro atoms. The lowest BCUT2D eigenvalue weighted by atomic mass is 10.3. The number of nitrogens with one attached hydrogen (secondary N) is 2. The van der Waals surface area contributed by atoms with E-state index in [9.17, 15) is 0 Å². The molecule has 2 heterocycles. The predicted octanol–water partition coefficient (Wildman–Crippen LogP) is 2.41. The van der Waals surface area contributed by atoms with Crippen LogP contribution in [0.5, 0.6) is 0 Å². The maximum absolute atomic E-state index is 4.52. The van der Waals surface area contributed by atoms with Crippen molar-refractivity contribution in [2.75, 3.05) is 36.8 Å². The quantitative estimate of drug-likeness (QED) is 0.811. The first-order valence-electron chi connectivity index (χ1n) is 6.98. The lowest BCUT2D eigenvalue weighted by molar-refractivity contribution is 0.269. The van der Waals surface area contributed by atoms with Crippen LogP contribution in [0.4, 0.5) is 11.6 Å². The molecule has 0 radical (unpaired) electrons. The molecule has 0 saturated carbocycles. The number of rotatable bonds is 6. The summed E-state index contributed by atoms with van der Waals surface area (Å²) in [5, 5.41) is 6.66. The molecule has 0 bridgehead atoms. The van der Waals surface area contributed by atoms with Gasteiger partial charge >= 0.3 is 0 Å². The standard InChI is InChI=1S/C14H24N4/c1-3-15-13-7-6-8-14(17-13)16-11-12(2)18-9-4-5-10-18/h6-8,12H,3-5,9-11H2,1-2H3,(H2,15,16,17). The monoisotopic (exact) mass is 248 g/mol. The molecule has 1 unspecified atom stereocenters. The summed E-state index contributed by atoms with van der Waals surface area (Å²) < 4.78 is 0. The summed E-state index contributed by atoms with van der Waals surface area (Å²) in [6.45, 7) is 8.72. The summed E-state index contributed by atoms with van der Waals surface area (Å²) in [6, 6.07) is 6.64. The molecule has 1 fully saturated rings. The van der Waals surface area contributed by atoms with Crippen LogP contribution in [-0.4, -0.2) is 42.1 Å². The summed E-state index contributed by atoms with van der Waals surface area (Å²) in [4.78, 5) is 7.06. The van der Waals surface area contributed by atoms with Gasteiger partial charge in [0, 0.05) is 19.1 Å². The van der Waals surface area contributed by atoms with Gasteiger partial charge in [0.2, 0.25) is 0 Å². The highest BCUT2D eigenvalue weighted by Gasteiger charge is 2.17. The molecule has 1 saturated heterocycles. The van der Waals surface area contributed by atoms with Gasteiger partial charge in [-0.15, -0.1) is 0 Å². The molecule has 1 aliphatic heterocycles. The number of likely N-dealkylation sites (tertiary alicyclic amines) is 1. The van der Waals surface area contributed by atoms with E-state index >= 15 is 0 Å². The number of pyridine rings is 1. The Bertz CT molecular complexity index is 361. The molecule has 1 atom stereocenters. The summed E-state index contributed by atoms with van der Waals surface area (Å²) in [7, 11) is 0. The molecule has 0 amide bonds. The highest BCUT2D eigenvalue weighted by Crippen LogP contribution is 2.13. The topological polar surface area (TPSA) is 40.2 Å². The maximum Gasteiger partial charge on any atom is 0.128 e. The molecule has 4 nitrogen and oxygen atoms in total. The summed E-state index contributed by atoms with van der Waals surface area (Å²) >= 11 is 0. The van der Waals surface area contributed by atoms with Gasteiger partial charge in [-0.3, -0.25) is 4.90 Å². The van der Waals surface area contributed by atoms with Crippen molar-refractivity contribution in [3.63, 3.8) is 0 Å². The Hall–Kier alpha value is -1.29. The Morgan fingerprint density at radius 3 is 2.56 bits per heavy atom. The van der Waals surface area contributed by atoms with Gasteiger partial charge in [0.25, 0.3) is 0 Å². The van der Waals surface area contributed by atoms with Crippen molar-refractivity contribution in [2.24, 2.45) is 0 Å². The van der Waals surface area contributed by atoms with Crippen molar-refractivity contribution in [3.05, 3.63) is 18.2 Å². The van der Waals surface area contributed by atoms with Crippen molar-refractivity contribution in [1.82, 2.24) is 9.88 Å². The number of nitrogens with zero attached hydrogens (tertiary/aromatic N) is 2. The number of hydrogen-bond donors (Lipinski definition) is 2. The van der Waals surface area contributed by atoms with Crippen LogP contribution in [0.15, 0.2) is 18.2 Å². The van der Waals surface area contributed by atoms with Gasteiger partial charge in [-0.2, -0.15) is 0 Å². The lowest BCUT2D eigenvalue weighted by Crippen LogP contribution is -2.35. The van der Waals surface area contributed by atoms with E-state index in [4.69, 9.17) is 0 Å². The normalized spacial score (nSPS) is 17.7. The van der Waals surface area contributed by atoms with E-state index in [2.05, 4.69) is 34.4 Å². The minimum absolute atomic E-state index is 0.581. The van der Waals surface area contributed by atoms with Gasteiger partial charge in [-0.05, 0) is 51.9 Å². The first-order chi connectivity index (χ1) is 8.79. The van der Waals surface area contributed by atoms with Crippen LogP contribution in [0.25, 0.3) is 0 Å². The largest absolute Gasteiger partial charge is 0.370 e. The SMILES string of the molecule is CCNc1cccc(NCC(C)N2CCCC2)n1. The van der Waals surface area contributed by atoms with E-state index in [0.717, 1.165) is 24.7 Å². The second kappa shape index (κ2) is 6.59. The highest BCUT2D eigenvalue weighted by atomic mass is 15.2. The van der Waals surface area contributed by atoms with Crippen LogP contribution in [-0.2, 0) is 0 Å². The summed E-state index contributed by atoms with van der Waals surface area (Å²) in [5.74, 6) is 1.90. The summed E-state index contributed by atoms with van der Waals surface area (Å²) in [5.41, 5.74) is 0. The van der Waals surface area contributed by atoms with Gasteiger partial charge in [0.1, 0.15) is 11.6 Å². The third-order valence-electron chi connectivity index (χ3n) is 3.45. The fourth-order valence-electron chi connectivity index (χ4n) is 2.38. The molecule has 0 aromatic carbocycles. The van der Waals surface area contributed by atoms with Crippen molar-refractivity contribution in [1.29, 1.82) is 0 Å². The van der Waals surface area contributed by atoms with E-state index in [-0.39, 0.29) is 0 Å². The Kier molecular flexibility index (Phi) is 4.81. The van der Waals surface area contributed by atoms with E-state index in [1.165, 1.54) is 25.9 Å². The molecule has 2 N–H and O–H groups in total. The van der Waals surface area contributed by atoms with E-state index < -0.39 is 0 Å². The zero-order valence-corrected chi connectivity index (χ0v) is 11.4. The highest BCUT2D eigenvalue weighted by molar-refractivity contribution is 5.45. The van der Waals surface area contributed by atoms with Crippen LogP contribution in [0.2, 0.25) is 0 Å². The van der Waals surface area contributed by atoms with E-state index in [1.54, 1.807) is 0 Å². The van der Waals surface area contributed by atoms with Gasteiger partial charge in [0.15, 0.2) is 0 Å². The second-order valence-corrected chi connectivity index (χ2v) is 4.91. The third kappa shape index (κ3) is 3.60. The molecule has 18 heavy (non-hydrogen) atoms. The van der Waals surface area contributed by atoms with Crippen LogP contribution in [0.3, 0.4) is 0 Å². The number of anilines is 2. The molecule has 0 aliphatic carbocycles. The fourth-order valence-corrected chi connectivity index (χ4v) is 2.38. The predicted molar refractivity (Wildman–Crippen MR) is 77.2 cm³/mol. The third-order valence-corrected chi connectivity index (χ3v) is 3.45. The maximum atomic E-state index is 4.52. The van der Waals surface area contributed by atoms with Crippen molar-refractivity contribution in [3.8, 4) is 0 Å². The number of hydrogen-bond acceptors (Lipinski definition) is 4. The second-order valence-electron chi connectivity index (χ2n) is 4.91. The zero-order valence-electron chi connectivity index (χ0n) is 11.4. The molecular weight excluding hydrogens is 224 g/mol. The smallest absolute Gasteiger partial charge is 0.128 e. The number of aromatic nitrogens is 1. The van der Waals surface area contributed by atoms with Gasteiger partial charge in [-0.25, -0.2) is 4.98 Å². The van der Waals surface area contributed by atoms with Crippen molar-refractivity contribution < 1.29 is 0 Å². The minimum Gasteiger partial charge on any atom is -0.370 e. The molecule has 2 rings (SSSR count). The minimum atomic E-state index is 0.581. The lowest BCUT2D eigenvalue weighted by Gasteiger charge is -2.24. The molecule has 1 aliphatic rings. The van der Waals surface area contributed by atoms with Crippen molar-refractivity contribution in [2.45, 2.75) is 32.7 Å². The van der Waals surface area contributed by atoms with Crippen LogP contribution in [0, 0.1) is 0 Å². The molecule has 4 heteroatoms. The molecule has 1 aromatic rings. The van der Waals surface area contributed by atoms with Gasteiger partial charge < -0.3 is 10.6 Å². The average molecular weight is 248 g/mol. The Labute approximate surface area is 110 Å². The van der Waals surface area contributed by atoms with Crippen LogP contribution in [0.1, 0.15) is 26.7 Å². The molecular formula is C14H24N4. The van der Waals surface area contributed by atoms with Crippen LogP contribution >= 0.6 is 0 Å². The Balaban J connectivity index is 1.83. The molecule has 100 valence electrons. The first-order valence-corrected chi connectivity index (χ1v) is 6.98. The zero-order chi connectivity index (χ0) is 12.8. The average Bonchev–Trinajstić information content (AvgIpc) is 2.91. The van der Waals surface area contributed by atoms with Crippen LogP contribution < -0.4 is 10.6 Å². The summed E-state index contributed by atoms with van der Waals surface area (Å²) in [6.07, 6.45) is 2.69. The van der Waals surface area contributed by atoms with E-state index in [0.29, 0.717) is 6.04 Å². The Morgan fingerprint density at radius 1 is 1.22 bits per heavy atom.